The van der Waals surface area contributed by atoms with Crippen molar-refractivity contribution >= 4 is 16.5 Å². The van der Waals surface area contributed by atoms with Crippen LogP contribution in [0.1, 0.15) is 26.3 Å². The van der Waals surface area contributed by atoms with Gasteiger partial charge in [0.2, 0.25) is 5.88 Å². The number of nitrogens with two attached hydrogens (primary N) is 1. The molecule has 1 aromatic carbocycles. The van der Waals surface area contributed by atoms with Crippen LogP contribution in [0.15, 0.2) is 50.5 Å². The zero-order chi connectivity index (χ0) is 25.4. The number of aliphatic imine (C=N–C) groups is 1. The van der Waals surface area contributed by atoms with E-state index in [4.69, 9.17) is 20.0 Å². The first-order valence-electron chi connectivity index (χ1n) is 10.7. The first kappa shape index (κ1) is 24.8. The smallest absolute Gasteiger partial charge is 0.272 e. The third kappa shape index (κ3) is 4.93. The van der Waals surface area contributed by atoms with Crippen molar-refractivity contribution in [2.24, 2.45) is 15.1 Å². The molecule has 186 valence electrons. The molecule has 35 heavy (non-hydrogen) atoms. The summed E-state index contributed by atoms with van der Waals surface area (Å²) in [6.45, 7) is 5.06. The number of rotatable bonds is 6. The minimum Gasteiger partial charge on any atom is -0.470 e. The van der Waals surface area contributed by atoms with E-state index < -0.39 is 39.8 Å². The molecule has 4 rings (SSSR count). The topological polar surface area (TPSA) is 112 Å². The lowest BCUT2D eigenvalue weighted by Crippen LogP contribution is -2.51. The van der Waals surface area contributed by atoms with Gasteiger partial charge >= 0.3 is 0 Å². The molecule has 1 aliphatic rings. The highest BCUT2D eigenvalue weighted by Gasteiger charge is 2.42. The van der Waals surface area contributed by atoms with E-state index in [-0.39, 0.29) is 5.88 Å². The molecule has 0 fully saturated rings. The van der Waals surface area contributed by atoms with Crippen molar-refractivity contribution in [2.75, 3.05) is 19.4 Å². The average molecular weight is 507 g/mol. The number of benzene rings is 1. The number of hydrogen-bond acceptors (Lipinski definition) is 8. The van der Waals surface area contributed by atoms with Crippen LogP contribution in [0.3, 0.4) is 0 Å². The predicted molar refractivity (Wildman–Crippen MR) is 128 cm³/mol. The van der Waals surface area contributed by atoms with E-state index in [1.807, 2.05) is 20.8 Å². The minimum absolute atomic E-state index is 0.0255. The van der Waals surface area contributed by atoms with Crippen LogP contribution in [0.25, 0.3) is 22.7 Å². The minimum atomic E-state index is -2.61. The molecule has 0 saturated heterocycles. The Bertz CT molecular complexity index is 1290. The van der Waals surface area contributed by atoms with Gasteiger partial charge in [0.1, 0.15) is 23.0 Å². The summed E-state index contributed by atoms with van der Waals surface area (Å²) < 4.78 is 54.0. The second kappa shape index (κ2) is 9.40. The van der Waals surface area contributed by atoms with Gasteiger partial charge in [0.15, 0.2) is 12.4 Å². The Morgan fingerprint density at radius 1 is 1.17 bits per heavy atom. The molecular weight excluding hydrogens is 481 g/mol. The maximum absolute atomic E-state index is 15.0. The number of halogens is 3. The van der Waals surface area contributed by atoms with Gasteiger partial charge in [-0.3, -0.25) is 9.36 Å². The molecule has 1 aliphatic heterocycles. The van der Waals surface area contributed by atoms with E-state index in [1.54, 1.807) is 25.2 Å². The Morgan fingerprint density at radius 2 is 1.94 bits per heavy atom. The molecule has 0 radical (unpaired) electrons. The lowest BCUT2D eigenvalue weighted by molar-refractivity contribution is 0.0794. The molecule has 2 aromatic heterocycles. The van der Waals surface area contributed by atoms with Gasteiger partial charge in [0.25, 0.3) is 6.43 Å². The van der Waals surface area contributed by atoms with Crippen molar-refractivity contribution in [2.45, 2.75) is 37.5 Å². The van der Waals surface area contributed by atoms with Crippen LogP contribution in [-0.2, 0) is 16.2 Å². The lowest BCUT2D eigenvalue weighted by Gasteiger charge is -2.40. The quantitative estimate of drug-likeness (QED) is 0.531. The van der Waals surface area contributed by atoms with Gasteiger partial charge in [-0.05, 0) is 39.0 Å². The summed E-state index contributed by atoms with van der Waals surface area (Å²) in [4.78, 5) is 12.8. The van der Waals surface area contributed by atoms with Gasteiger partial charge in [0, 0.05) is 30.0 Å². The summed E-state index contributed by atoms with van der Waals surface area (Å²) >= 11 is 0. The van der Waals surface area contributed by atoms with Gasteiger partial charge in [-0.15, -0.1) is 0 Å². The molecule has 0 bridgehead atoms. The third-order valence-electron chi connectivity index (χ3n) is 5.80. The van der Waals surface area contributed by atoms with E-state index in [2.05, 4.69) is 19.5 Å². The van der Waals surface area contributed by atoms with Crippen LogP contribution in [0.4, 0.5) is 13.2 Å². The van der Waals surface area contributed by atoms with Crippen LogP contribution >= 0.6 is 0 Å². The number of alkyl halides is 2. The maximum Gasteiger partial charge on any atom is 0.272 e. The summed E-state index contributed by atoms with van der Waals surface area (Å²) in [6, 6.07) is 6.26. The van der Waals surface area contributed by atoms with Crippen LogP contribution in [0, 0.1) is 5.82 Å². The largest absolute Gasteiger partial charge is 0.470 e. The van der Waals surface area contributed by atoms with Crippen molar-refractivity contribution in [3.63, 3.8) is 0 Å². The van der Waals surface area contributed by atoms with Crippen LogP contribution in [0.5, 0.6) is 5.88 Å². The van der Waals surface area contributed by atoms with Crippen LogP contribution in [-0.4, -0.2) is 51.5 Å². The first-order chi connectivity index (χ1) is 16.5. The van der Waals surface area contributed by atoms with Crippen molar-refractivity contribution < 1.29 is 22.4 Å². The fraction of sp³-hybridized carbons (Fsp3) is 0.391. The van der Waals surface area contributed by atoms with E-state index >= 15 is 4.39 Å². The molecule has 0 saturated carbocycles. The monoisotopic (exact) mass is 506 g/mol. The van der Waals surface area contributed by atoms with E-state index in [0.29, 0.717) is 39.9 Å². The molecule has 3 aromatic rings. The summed E-state index contributed by atoms with van der Waals surface area (Å²) in [7, 11) is 1.29. The van der Waals surface area contributed by atoms with Crippen molar-refractivity contribution in [1.29, 1.82) is 0 Å². The maximum atomic E-state index is 15.0. The van der Waals surface area contributed by atoms with E-state index in [0.717, 1.165) is 0 Å². The Kier molecular flexibility index (Phi) is 6.67. The van der Waals surface area contributed by atoms with E-state index in [1.165, 1.54) is 18.5 Å². The summed E-state index contributed by atoms with van der Waals surface area (Å²) in [6.07, 6.45) is -0.0375. The first-order valence-corrected chi connectivity index (χ1v) is 12.1. The standard InChI is InChI=1S/C23H25F3N6O2S/c1-22(2)21(27)31-23(3,12-35(22)28-4)14-7-13(5-6-15(14)24)18-8-16(32-34-18)17-9-30-20(10-29-17)33-11-19(25)26/h5-10,19H,11-12H2,1-4H3,(H2,27,31)/t23-,35?/m0/s1. The molecule has 0 aliphatic carbocycles. The van der Waals surface area contributed by atoms with Crippen molar-refractivity contribution in [3.05, 3.63) is 48.0 Å². The Labute approximate surface area is 202 Å². The third-order valence-corrected chi connectivity index (χ3v) is 8.46. The number of amidine groups is 1. The Hall–Kier alpha value is -3.28. The Balaban J connectivity index is 1.64. The molecule has 2 atom stereocenters. The highest BCUT2D eigenvalue weighted by molar-refractivity contribution is 7.89. The molecule has 0 spiro atoms. The normalized spacial score (nSPS) is 21.8. The number of hydrogen-bond donors (Lipinski definition) is 1. The second-order valence-corrected chi connectivity index (χ2v) is 11.1. The van der Waals surface area contributed by atoms with Crippen LogP contribution < -0.4 is 10.5 Å². The zero-order valence-electron chi connectivity index (χ0n) is 19.6. The molecule has 3 heterocycles. The van der Waals surface area contributed by atoms with Gasteiger partial charge in [0.05, 0.1) is 22.7 Å². The van der Waals surface area contributed by atoms with E-state index in [9.17, 15) is 8.78 Å². The summed E-state index contributed by atoms with van der Waals surface area (Å²) in [5.41, 5.74) is 7.10. The van der Waals surface area contributed by atoms with Gasteiger partial charge in [-0.25, -0.2) is 23.1 Å². The number of aromatic nitrogens is 3. The average Bonchev–Trinajstić information content (AvgIpc) is 3.31. The highest BCUT2D eigenvalue weighted by atomic mass is 32.2. The van der Waals surface area contributed by atoms with Gasteiger partial charge < -0.3 is 15.0 Å². The van der Waals surface area contributed by atoms with Crippen LogP contribution in [0.2, 0.25) is 0 Å². The Morgan fingerprint density at radius 3 is 2.60 bits per heavy atom. The predicted octanol–water partition coefficient (Wildman–Crippen LogP) is 4.38. The van der Waals surface area contributed by atoms with Gasteiger partial charge in [-0.1, -0.05) is 15.8 Å². The highest BCUT2D eigenvalue weighted by Crippen LogP contribution is 2.38. The SMILES string of the molecule is CN=S1C[C@@](C)(c2cc(-c3cc(-c4cnc(OCC(F)F)cn4)no3)ccc2F)N=C(N)C1(C)C. The molecule has 1 unspecified atom stereocenters. The van der Waals surface area contributed by atoms with Crippen molar-refractivity contribution in [1.82, 2.24) is 15.1 Å². The number of ether oxygens (including phenoxy) is 1. The molecule has 12 heteroatoms. The molecule has 0 amide bonds. The van der Waals surface area contributed by atoms with Gasteiger partial charge in [-0.2, -0.15) is 0 Å². The molecular formula is C23H25F3N6O2S. The zero-order valence-corrected chi connectivity index (χ0v) is 20.4. The lowest BCUT2D eigenvalue weighted by atomic mass is 9.91. The fourth-order valence-corrected chi connectivity index (χ4v) is 5.71. The summed E-state index contributed by atoms with van der Waals surface area (Å²) in [5, 5.41) is 4.01. The second-order valence-electron chi connectivity index (χ2n) is 8.69. The fourth-order valence-electron chi connectivity index (χ4n) is 3.73. The molecule has 8 nitrogen and oxygen atoms in total. The van der Waals surface area contributed by atoms with Crippen molar-refractivity contribution in [3.8, 4) is 28.6 Å². The summed E-state index contributed by atoms with van der Waals surface area (Å²) in [5.74, 6) is 0.914. The number of nitrogens with zero attached hydrogens (tertiary/aromatic N) is 5. The molecule has 2 N–H and O–H groups in total.